The van der Waals surface area contributed by atoms with Crippen LogP contribution in [-0.4, -0.2) is 55.4 Å². The molecular weight excluding hydrogens is 467 g/mol. The minimum atomic E-state index is -0.923. The number of ketones is 1. The summed E-state index contributed by atoms with van der Waals surface area (Å²) in [4.78, 5) is 47.0. The van der Waals surface area contributed by atoms with E-state index in [0.29, 0.717) is 29.8 Å². The number of hydrogen-bond acceptors (Lipinski definition) is 6. The number of Topliss-reactive ketones (excluding diaryl/α,β-unsaturated/α-hetero) is 1. The average Bonchev–Trinajstić information content (AvgIpc) is 3.53. The number of carbonyl (C=O) groups excluding carboxylic acids is 3. The zero-order chi connectivity index (χ0) is 26.0. The lowest BCUT2D eigenvalue weighted by atomic mass is 9.94. The summed E-state index contributed by atoms with van der Waals surface area (Å²) in [5.41, 5.74) is 1.61. The Labute approximate surface area is 207 Å². The zero-order valence-corrected chi connectivity index (χ0v) is 20.2. The molecule has 0 unspecified atom stereocenters. The number of imidazole rings is 1. The number of carbonyl (C=O) groups is 3. The minimum Gasteiger partial charge on any atom is -0.507 e. The molecule has 1 aliphatic heterocycles. The van der Waals surface area contributed by atoms with E-state index >= 15 is 0 Å². The van der Waals surface area contributed by atoms with Gasteiger partial charge in [0.05, 0.1) is 24.5 Å². The smallest absolute Gasteiger partial charge is 0.355 e. The zero-order valence-electron chi connectivity index (χ0n) is 20.2. The van der Waals surface area contributed by atoms with Gasteiger partial charge in [0, 0.05) is 36.7 Å². The van der Waals surface area contributed by atoms with Crippen LogP contribution in [0.1, 0.15) is 52.3 Å². The molecule has 2 aromatic heterocycles. The molecule has 1 atom stereocenters. The Morgan fingerprint density at radius 1 is 1.19 bits per heavy atom. The molecule has 1 saturated heterocycles. The van der Waals surface area contributed by atoms with Gasteiger partial charge in [-0.05, 0) is 50.5 Å². The SMILES string of the molecule is CCOC(=O)c1[nH]c(C)c(/C(O)=C2\C(=O)C(=O)N(CCCn3ccnc3)[C@H]2c2ccc(F)cc2)c1C. The van der Waals surface area contributed by atoms with E-state index in [4.69, 9.17) is 4.74 Å². The van der Waals surface area contributed by atoms with Crippen molar-refractivity contribution in [2.24, 2.45) is 0 Å². The fourth-order valence-electron chi connectivity index (χ4n) is 4.59. The van der Waals surface area contributed by atoms with Crippen molar-refractivity contribution in [2.45, 2.75) is 39.8 Å². The summed E-state index contributed by atoms with van der Waals surface area (Å²) in [5.74, 6) is -3.06. The molecule has 3 heterocycles. The quantitative estimate of drug-likeness (QED) is 0.214. The summed E-state index contributed by atoms with van der Waals surface area (Å²) in [5, 5.41) is 11.4. The van der Waals surface area contributed by atoms with E-state index in [1.165, 1.54) is 29.2 Å². The number of aryl methyl sites for hydroxylation is 2. The molecule has 0 aliphatic carbocycles. The van der Waals surface area contributed by atoms with Gasteiger partial charge in [0.25, 0.3) is 11.7 Å². The van der Waals surface area contributed by atoms with Gasteiger partial charge in [-0.15, -0.1) is 0 Å². The molecule has 9 nitrogen and oxygen atoms in total. The number of nitrogens with one attached hydrogen (secondary N) is 1. The molecule has 2 N–H and O–H groups in total. The highest BCUT2D eigenvalue weighted by Gasteiger charge is 2.46. The molecule has 0 saturated carbocycles. The summed E-state index contributed by atoms with van der Waals surface area (Å²) in [6, 6.07) is 4.54. The maximum atomic E-state index is 13.7. The van der Waals surface area contributed by atoms with Crippen LogP contribution < -0.4 is 0 Å². The Hall–Kier alpha value is -4.21. The number of aliphatic hydroxyl groups excluding tert-OH is 1. The van der Waals surface area contributed by atoms with E-state index in [-0.39, 0.29) is 30.0 Å². The number of esters is 1. The number of aliphatic hydroxyl groups is 1. The molecule has 0 radical (unpaired) electrons. The normalized spacial score (nSPS) is 17.1. The van der Waals surface area contributed by atoms with Gasteiger partial charge in [-0.2, -0.15) is 0 Å². The summed E-state index contributed by atoms with van der Waals surface area (Å²) in [7, 11) is 0. The molecular formula is C26H27FN4O5. The summed E-state index contributed by atoms with van der Waals surface area (Å²) >= 11 is 0. The number of nitrogens with zero attached hydrogens (tertiary/aromatic N) is 3. The number of halogens is 1. The van der Waals surface area contributed by atoms with Crippen LogP contribution in [0.2, 0.25) is 0 Å². The van der Waals surface area contributed by atoms with Crippen LogP contribution in [0.15, 0.2) is 48.6 Å². The molecule has 0 spiro atoms. The van der Waals surface area contributed by atoms with E-state index in [9.17, 15) is 23.9 Å². The molecule has 1 amide bonds. The number of ether oxygens (including phenoxy) is 1. The predicted molar refractivity (Wildman–Crippen MR) is 128 cm³/mol. The average molecular weight is 495 g/mol. The number of likely N-dealkylation sites (tertiary alicyclic amines) is 1. The van der Waals surface area contributed by atoms with Gasteiger partial charge in [0.1, 0.15) is 17.3 Å². The van der Waals surface area contributed by atoms with E-state index < -0.39 is 35.3 Å². The molecule has 1 aromatic carbocycles. The first-order chi connectivity index (χ1) is 17.2. The molecule has 3 aromatic rings. The van der Waals surface area contributed by atoms with Crippen LogP contribution in [0.4, 0.5) is 4.39 Å². The highest BCUT2D eigenvalue weighted by atomic mass is 19.1. The number of amides is 1. The van der Waals surface area contributed by atoms with Crippen LogP contribution in [-0.2, 0) is 20.9 Å². The first-order valence-corrected chi connectivity index (χ1v) is 11.6. The highest BCUT2D eigenvalue weighted by Crippen LogP contribution is 2.41. The number of rotatable bonds is 8. The Bertz CT molecular complexity index is 1330. The van der Waals surface area contributed by atoms with Crippen LogP contribution in [0.5, 0.6) is 0 Å². The number of H-pyrrole nitrogens is 1. The second-order valence-electron chi connectivity index (χ2n) is 8.54. The fourth-order valence-corrected chi connectivity index (χ4v) is 4.59. The van der Waals surface area contributed by atoms with Crippen molar-refractivity contribution < 1.29 is 28.6 Å². The van der Waals surface area contributed by atoms with Gasteiger partial charge in [-0.25, -0.2) is 14.2 Å². The van der Waals surface area contributed by atoms with Crippen molar-refractivity contribution in [2.75, 3.05) is 13.2 Å². The third-order valence-electron chi connectivity index (χ3n) is 6.25. The van der Waals surface area contributed by atoms with Gasteiger partial charge in [0.15, 0.2) is 0 Å². The summed E-state index contributed by atoms with van der Waals surface area (Å²) in [6.45, 7) is 5.92. The first kappa shape index (κ1) is 24.9. The molecule has 36 heavy (non-hydrogen) atoms. The topological polar surface area (TPSA) is 118 Å². The standard InChI is InChI=1S/C26H27FN4O5/c1-4-36-26(35)21-15(2)19(16(3)29-21)23(32)20-22(17-6-8-18(27)9-7-17)31(25(34)24(20)33)12-5-11-30-13-10-28-14-30/h6-10,13-14,22,29,32H,4-5,11-12H2,1-3H3/b23-20+/t22-/m0/s1. The van der Waals surface area contributed by atoms with Crippen LogP contribution >= 0.6 is 0 Å². The van der Waals surface area contributed by atoms with Gasteiger partial charge >= 0.3 is 5.97 Å². The van der Waals surface area contributed by atoms with Crippen molar-refractivity contribution in [3.63, 3.8) is 0 Å². The number of aromatic amines is 1. The number of benzene rings is 1. The second-order valence-corrected chi connectivity index (χ2v) is 8.54. The second kappa shape index (κ2) is 10.2. The Kier molecular flexibility index (Phi) is 7.05. The van der Waals surface area contributed by atoms with Gasteiger partial charge in [-0.1, -0.05) is 12.1 Å². The lowest BCUT2D eigenvalue weighted by molar-refractivity contribution is -0.139. The maximum Gasteiger partial charge on any atom is 0.355 e. The van der Waals surface area contributed by atoms with Crippen molar-refractivity contribution >= 4 is 23.4 Å². The van der Waals surface area contributed by atoms with Crippen LogP contribution in [0.3, 0.4) is 0 Å². The lowest BCUT2D eigenvalue weighted by Crippen LogP contribution is -2.31. The molecule has 10 heteroatoms. The van der Waals surface area contributed by atoms with Gasteiger partial charge < -0.3 is 24.3 Å². The summed E-state index contributed by atoms with van der Waals surface area (Å²) < 4.78 is 20.6. The predicted octanol–water partition coefficient (Wildman–Crippen LogP) is 3.66. The molecule has 188 valence electrons. The van der Waals surface area contributed by atoms with Crippen molar-refractivity contribution in [3.8, 4) is 0 Å². The summed E-state index contributed by atoms with van der Waals surface area (Å²) in [6.07, 6.45) is 5.63. The lowest BCUT2D eigenvalue weighted by Gasteiger charge is -2.25. The van der Waals surface area contributed by atoms with E-state index in [1.807, 2.05) is 4.57 Å². The fraction of sp³-hybridized carbons (Fsp3) is 0.308. The van der Waals surface area contributed by atoms with Gasteiger partial charge in [-0.3, -0.25) is 9.59 Å². The molecule has 1 fully saturated rings. The third kappa shape index (κ3) is 4.53. The number of hydrogen-bond donors (Lipinski definition) is 2. The van der Waals surface area contributed by atoms with Crippen molar-refractivity contribution in [3.05, 3.63) is 82.5 Å². The minimum absolute atomic E-state index is 0.116. The number of aromatic nitrogens is 3. The van der Waals surface area contributed by atoms with Crippen molar-refractivity contribution in [1.82, 2.24) is 19.4 Å². The monoisotopic (exact) mass is 494 g/mol. The van der Waals surface area contributed by atoms with E-state index in [1.54, 1.807) is 39.5 Å². The van der Waals surface area contributed by atoms with Crippen LogP contribution in [0.25, 0.3) is 5.76 Å². The van der Waals surface area contributed by atoms with E-state index in [0.717, 1.165) is 0 Å². The Morgan fingerprint density at radius 2 is 1.92 bits per heavy atom. The third-order valence-corrected chi connectivity index (χ3v) is 6.25. The Balaban J connectivity index is 1.78. The molecule has 1 aliphatic rings. The molecule has 4 rings (SSSR count). The van der Waals surface area contributed by atoms with E-state index in [2.05, 4.69) is 9.97 Å². The van der Waals surface area contributed by atoms with Gasteiger partial charge in [0.2, 0.25) is 0 Å². The first-order valence-electron chi connectivity index (χ1n) is 11.6. The largest absolute Gasteiger partial charge is 0.507 e. The maximum absolute atomic E-state index is 13.7. The highest BCUT2D eigenvalue weighted by molar-refractivity contribution is 6.46. The van der Waals surface area contributed by atoms with Crippen molar-refractivity contribution in [1.29, 1.82) is 0 Å². The van der Waals surface area contributed by atoms with Crippen LogP contribution in [0, 0.1) is 19.7 Å². The Morgan fingerprint density at radius 3 is 2.56 bits per heavy atom. The molecule has 0 bridgehead atoms.